The molecule has 4 heteroatoms. The van der Waals surface area contributed by atoms with Gasteiger partial charge in [0.25, 0.3) is 0 Å². The normalized spacial score (nSPS) is 19.7. The molecule has 1 fully saturated rings. The highest BCUT2D eigenvalue weighted by molar-refractivity contribution is 5.37. The van der Waals surface area contributed by atoms with Gasteiger partial charge in [0, 0.05) is 18.2 Å². The van der Waals surface area contributed by atoms with Crippen LogP contribution in [0.5, 0.6) is 0 Å². The number of benzene rings is 1. The number of likely N-dealkylation sites (tertiary alicyclic amines) is 1. The molecule has 0 saturated carbocycles. The molecule has 1 atom stereocenters. The van der Waals surface area contributed by atoms with E-state index in [0.29, 0.717) is 12.1 Å². The minimum absolute atomic E-state index is 0.145. The maximum absolute atomic E-state index is 13.7. The Kier molecular flexibility index (Phi) is 6.19. The minimum atomic E-state index is -0.315. The van der Waals surface area contributed by atoms with E-state index in [1.165, 1.54) is 18.6 Å². The SMILES string of the molecule is OCC#Cc1cc(F)cc(CN2CCCCCC2CO)c1. The molecule has 2 N–H and O–H groups in total. The highest BCUT2D eigenvalue weighted by Crippen LogP contribution is 2.20. The van der Waals surface area contributed by atoms with Gasteiger partial charge in [-0.3, -0.25) is 4.90 Å². The van der Waals surface area contributed by atoms with Gasteiger partial charge >= 0.3 is 0 Å². The lowest BCUT2D eigenvalue weighted by atomic mass is 10.1. The largest absolute Gasteiger partial charge is 0.395 e. The maximum Gasteiger partial charge on any atom is 0.124 e. The van der Waals surface area contributed by atoms with Crippen molar-refractivity contribution in [1.29, 1.82) is 0 Å². The van der Waals surface area contributed by atoms with E-state index in [0.717, 1.165) is 31.4 Å². The lowest BCUT2D eigenvalue weighted by Gasteiger charge is -2.28. The van der Waals surface area contributed by atoms with Crippen molar-refractivity contribution in [3.8, 4) is 11.8 Å². The summed E-state index contributed by atoms with van der Waals surface area (Å²) in [4.78, 5) is 2.23. The Bertz CT molecular complexity index is 521. The summed E-state index contributed by atoms with van der Waals surface area (Å²) in [5.41, 5.74) is 1.44. The van der Waals surface area contributed by atoms with Crippen LogP contribution in [-0.4, -0.2) is 40.9 Å². The van der Waals surface area contributed by atoms with Gasteiger partial charge in [-0.25, -0.2) is 4.39 Å². The number of nitrogens with zero attached hydrogens (tertiary/aromatic N) is 1. The average Bonchev–Trinajstić information content (AvgIpc) is 2.69. The van der Waals surface area contributed by atoms with Crippen molar-refractivity contribution in [3.63, 3.8) is 0 Å². The molecule has 1 unspecified atom stereocenters. The van der Waals surface area contributed by atoms with Gasteiger partial charge in [0.15, 0.2) is 0 Å². The van der Waals surface area contributed by atoms with E-state index >= 15 is 0 Å². The molecule has 3 nitrogen and oxygen atoms in total. The minimum Gasteiger partial charge on any atom is -0.395 e. The molecule has 1 heterocycles. The van der Waals surface area contributed by atoms with Gasteiger partial charge < -0.3 is 10.2 Å². The summed E-state index contributed by atoms with van der Waals surface area (Å²) < 4.78 is 13.7. The number of rotatable bonds is 3. The van der Waals surface area contributed by atoms with Crippen LogP contribution in [0.3, 0.4) is 0 Å². The van der Waals surface area contributed by atoms with E-state index in [9.17, 15) is 9.50 Å². The zero-order chi connectivity index (χ0) is 15.1. The fourth-order valence-electron chi connectivity index (χ4n) is 2.84. The summed E-state index contributed by atoms with van der Waals surface area (Å²) in [6, 6.07) is 4.90. The third-order valence-corrected chi connectivity index (χ3v) is 3.86. The molecule has 2 rings (SSSR count). The number of hydrogen-bond acceptors (Lipinski definition) is 3. The summed E-state index contributed by atoms with van der Waals surface area (Å²) in [5, 5.41) is 18.2. The summed E-state index contributed by atoms with van der Waals surface area (Å²) in [6.45, 7) is 1.47. The summed E-state index contributed by atoms with van der Waals surface area (Å²) in [6.07, 6.45) is 4.42. The van der Waals surface area contributed by atoms with E-state index in [4.69, 9.17) is 5.11 Å². The smallest absolute Gasteiger partial charge is 0.124 e. The molecule has 1 aliphatic rings. The van der Waals surface area contributed by atoms with Crippen molar-refractivity contribution in [2.45, 2.75) is 38.3 Å². The van der Waals surface area contributed by atoms with E-state index in [1.807, 2.05) is 6.07 Å². The van der Waals surface area contributed by atoms with Gasteiger partial charge in [-0.15, -0.1) is 0 Å². The molecule has 114 valence electrons. The van der Waals surface area contributed by atoms with Gasteiger partial charge in [0.05, 0.1) is 6.61 Å². The van der Waals surface area contributed by atoms with E-state index in [2.05, 4.69) is 16.7 Å². The molecule has 0 bridgehead atoms. The molecule has 0 spiro atoms. The van der Waals surface area contributed by atoms with Crippen LogP contribution in [0.1, 0.15) is 36.8 Å². The van der Waals surface area contributed by atoms with Crippen LogP contribution in [0.15, 0.2) is 18.2 Å². The van der Waals surface area contributed by atoms with Crippen molar-refractivity contribution < 1.29 is 14.6 Å². The lowest BCUT2D eigenvalue weighted by Crippen LogP contribution is -2.36. The number of aliphatic hydroxyl groups is 2. The second kappa shape index (κ2) is 8.14. The van der Waals surface area contributed by atoms with Crippen LogP contribution in [0.2, 0.25) is 0 Å². The molecular weight excluding hydrogens is 269 g/mol. The molecule has 0 radical (unpaired) electrons. The first-order valence-electron chi connectivity index (χ1n) is 7.47. The molecule has 0 aliphatic carbocycles. The van der Waals surface area contributed by atoms with Crippen molar-refractivity contribution in [2.24, 2.45) is 0 Å². The fourth-order valence-corrected chi connectivity index (χ4v) is 2.84. The predicted octanol–water partition coefficient (Wildman–Crippen LogP) is 1.91. The second-order valence-corrected chi connectivity index (χ2v) is 5.46. The van der Waals surface area contributed by atoms with E-state index in [-0.39, 0.29) is 25.1 Å². The summed E-state index contributed by atoms with van der Waals surface area (Å²) in [5.74, 6) is 4.97. The topological polar surface area (TPSA) is 43.7 Å². The molecule has 0 amide bonds. The highest BCUT2D eigenvalue weighted by Gasteiger charge is 2.20. The van der Waals surface area contributed by atoms with Gasteiger partial charge in [0.2, 0.25) is 0 Å². The maximum atomic E-state index is 13.7. The quantitative estimate of drug-likeness (QED) is 0.836. The number of aliphatic hydroxyl groups excluding tert-OH is 2. The van der Waals surface area contributed by atoms with Crippen LogP contribution in [-0.2, 0) is 6.54 Å². The zero-order valence-corrected chi connectivity index (χ0v) is 12.2. The first kappa shape index (κ1) is 16.0. The standard InChI is InChI=1S/C17H22FNO2/c18-16-10-14(5-4-8-20)9-15(11-16)12-19-7-3-1-2-6-17(19)13-21/h9-11,17,20-21H,1-3,6-8,12-13H2. The molecule has 0 aromatic heterocycles. The monoisotopic (exact) mass is 291 g/mol. The Morgan fingerprint density at radius 3 is 2.81 bits per heavy atom. The third kappa shape index (κ3) is 4.82. The Morgan fingerprint density at radius 1 is 1.19 bits per heavy atom. The van der Waals surface area contributed by atoms with E-state index in [1.54, 1.807) is 0 Å². The number of hydrogen-bond donors (Lipinski definition) is 2. The van der Waals surface area contributed by atoms with Crippen LogP contribution in [0.4, 0.5) is 4.39 Å². The highest BCUT2D eigenvalue weighted by atomic mass is 19.1. The summed E-state index contributed by atoms with van der Waals surface area (Å²) >= 11 is 0. The molecule has 1 aliphatic heterocycles. The van der Waals surface area contributed by atoms with E-state index < -0.39 is 0 Å². The Balaban J connectivity index is 2.15. The van der Waals surface area contributed by atoms with Gasteiger partial charge in [-0.1, -0.05) is 24.7 Å². The second-order valence-electron chi connectivity index (χ2n) is 5.46. The molecule has 21 heavy (non-hydrogen) atoms. The van der Waals surface area contributed by atoms with Crippen molar-refractivity contribution >= 4 is 0 Å². The molecular formula is C17H22FNO2. The van der Waals surface area contributed by atoms with Gasteiger partial charge in [0.1, 0.15) is 12.4 Å². The first-order chi connectivity index (χ1) is 10.2. The molecule has 1 aromatic carbocycles. The van der Waals surface area contributed by atoms with Crippen molar-refractivity contribution in [1.82, 2.24) is 4.90 Å². The molecule has 1 aromatic rings. The average molecular weight is 291 g/mol. The van der Waals surface area contributed by atoms with Crippen LogP contribution in [0, 0.1) is 17.7 Å². The summed E-state index contributed by atoms with van der Waals surface area (Å²) in [7, 11) is 0. The lowest BCUT2D eigenvalue weighted by molar-refractivity contribution is 0.118. The Labute approximate surface area is 125 Å². The van der Waals surface area contributed by atoms with Gasteiger partial charge in [-0.2, -0.15) is 0 Å². The predicted molar refractivity (Wildman–Crippen MR) is 80.1 cm³/mol. The van der Waals surface area contributed by atoms with Crippen LogP contribution < -0.4 is 0 Å². The van der Waals surface area contributed by atoms with Crippen molar-refractivity contribution in [2.75, 3.05) is 19.8 Å². The zero-order valence-electron chi connectivity index (χ0n) is 12.2. The van der Waals surface area contributed by atoms with Crippen molar-refractivity contribution in [3.05, 3.63) is 35.1 Å². The fraction of sp³-hybridized carbons (Fsp3) is 0.529. The first-order valence-corrected chi connectivity index (χ1v) is 7.47. The van der Waals surface area contributed by atoms with Crippen LogP contribution >= 0.6 is 0 Å². The third-order valence-electron chi connectivity index (χ3n) is 3.86. The Hall–Kier alpha value is -1.41. The molecule has 1 saturated heterocycles. The Morgan fingerprint density at radius 2 is 2.05 bits per heavy atom. The number of halogens is 1. The van der Waals surface area contributed by atoms with Gasteiger partial charge in [-0.05, 0) is 43.1 Å². The van der Waals surface area contributed by atoms with Crippen LogP contribution in [0.25, 0.3) is 0 Å².